The second kappa shape index (κ2) is 9.13. The number of nitrogens with zero attached hydrogens (tertiary/aromatic N) is 3. The highest BCUT2D eigenvalue weighted by Gasteiger charge is 2.24. The van der Waals surface area contributed by atoms with E-state index in [1.807, 2.05) is 32.0 Å². The van der Waals surface area contributed by atoms with Gasteiger partial charge in [-0.1, -0.05) is 18.2 Å². The summed E-state index contributed by atoms with van der Waals surface area (Å²) < 4.78 is 5.26. The first-order chi connectivity index (χ1) is 14.2. The molecule has 0 spiro atoms. The number of aromatic nitrogens is 2. The van der Waals surface area contributed by atoms with Gasteiger partial charge >= 0.3 is 5.97 Å². The van der Waals surface area contributed by atoms with Gasteiger partial charge in [0.2, 0.25) is 0 Å². The Hall–Kier alpha value is -2.12. The fourth-order valence-corrected chi connectivity index (χ4v) is 5.48. The fraction of sp³-hybridized carbons (Fsp3) is 0.409. The predicted octanol–water partition coefficient (Wildman–Crippen LogP) is 5.46. The molecule has 3 aromatic rings. The number of thioether (sulfide) groups is 1. The zero-order valence-corrected chi connectivity index (χ0v) is 18.4. The first kappa shape index (κ1) is 20.2. The Morgan fingerprint density at radius 3 is 2.66 bits per heavy atom. The lowest BCUT2D eigenvalue weighted by atomic mass is 10.1. The van der Waals surface area contributed by atoms with E-state index >= 15 is 0 Å². The summed E-state index contributed by atoms with van der Waals surface area (Å²) in [5, 5.41) is 1.01. The first-order valence-corrected chi connectivity index (χ1v) is 11.9. The van der Waals surface area contributed by atoms with Crippen LogP contribution in [-0.2, 0) is 10.5 Å². The summed E-state index contributed by atoms with van der Waals surface area (Å²) in [5.74, 6) is 2.22. The standard InChI is InChI=1S/C22H25N3O2S2/c1-3-27-22(26)19-15(2)18-20(25-12-8-5-9-13-25)23-17(24-21(18)29-19)14-28-16-10-6-4-7-11-16/h4,6-7,10-11H,3,5,8-9,12-14H2,1-2H3. The average molecular weight is 428 g/mol. The fourth-order valence-electron chi connectivity index (χ4n) is 3.62. The molecule has 1 aliphatic heterocycles. The predicted molar refractivity (Wildman–Crippen MR) is 120 cm³/mol. The van der Waals surface area contributed by atoms with Gasteiger partial charge < -0.3 is 9.64 Å². The second-order valence-electron chi connectivity index (χ2n) is 7.07. The molecule has 1 aromatic carbocycles. The van der Waals surface area contributed by atoms with Crippen LogP contribution in [0.5, 0.6) is 0 Å². The Bertz CT molecular complexity index is 998. The normalized spacial score (nSPS) is 14.3. The van der Waals surface area contributed by atoms with Crippen molar-refractivity contribution in [1.82, 2.24) is 9.97 Å². The zero-order chi connectivity index (χ0) is 20.2. The van der Waals surface area contributed by atoms with Crippen LogP contribution in [0.25, 0.3) is 10.2 Å². The molecule has 152 valence electrons. The van der Waals surface area contributed by atoms with E-state index in [0.29, 0.717) is 17.2 Å². The number of rotatable bonds is 6. The Kier molecular flexibility index (Phi) is 6.35. The molecule has 1 fully saturated rings. The number of hydrogen-bond acceptors (Lipinski definition) is 7. The molecule has 29 heavy (non-hydrogen) atoms. The number of ether oxygens (including phenoxy) is 1. The quantitative estimate of drug-likeness (QED) is 0.385. The van der Waals surface area contributed by atoms with Crippen LogP contribution in [0.3, 0.4) is 0 Å². The van der Waals surface area contributed by atoms with Crippen molar-refractivity contribution in [2.24, 2.45) is 0 Å². The molecule has 0 saturated carbocycles. The van der Waals surface area contributed by atoms with Crippen molar-refractivity contribution < 1.29 is 9.53 Å². The molecule has 0 N–H and O–H groups in total. The third kappa shape index (κ3) is 4.41. The maximum atomic E-state index is 12.4. The minimum atomic E-state index is -0.266. The summed E-state index contributed by atoms with van der Waals surface area (Å²) >= 11 is 3.16. The van der Waals surface area contributed by atoms with E-state index in [0.717, 1.165) is 40.5 Å². The summed E-state index contributed by atoms with van der Waals surface area (Å²) in [6, 6.07) is 10.3. The molecule has 0 amide bonds. The largest absolute Gasteiger partial charge is 0.462 e. The zero-order valence-electron chi connectivity index (χ0n) is 16.8. The number of esters is 1. The molecule has 1 aliphatic rings. The minimum absolute atomic E-state index is 0.266. The van der Waals surface area contributed by atoms with E-state index in [1.165, 1.54) is 35.5 Å². The monoisotopic (exact) mass is 427 g/mol. The van der Waals surface area contributed by atoms with Gasteiger partial charge in [0.1, 0.15) is 21.3 Å². The lowest BCUT2D eigenvalue weighted by Crippen LogP contribution is -2.30. The number of thiophene rings is 1. The molecule has 0 aliphatic carbocycles. The van der Waals surface area contributed by atoms with Crippen molar-refractivity contribution >= 4 is 45.1 Å². The molecule has 0 atom stereocenters. The number of fused-ring (bicyclic) bond motifs is 1. The highest BCUT2D eigenvalue weighted by atomic mass is 32.2. The number of benzene rings is 1. The van der Waals surface area contributed by atoms with Crippen molar-refractivity contribution in [3.05, 3.63) is 46.6 Å². The Morgan fingerprint density at radius 1 is 1.17 bits per heavy atom. The number of hydrogen-bond donors (Lipinski definition) is 0. The molecular formula is C22H25N3O2S2. The molecule has 4 rings (SSSR count). The van der Waals surface area contributed by atoms with Gasteiger partial charge in [0.25, 0.3) is 0 Å². The molecule has 1 saturated heterocycles. The smallest absolute Gasteiger partial charge is 0.348 e. The summed E-state index contributed by atoms with van der Waals surface area (Å²) in [5.41, 5.74) is 0.936. The van der Waals surface area contributed by atoms with Gasteiger partial charge in [0.15, 0.2) is 0 Å². The van der Waals surface area contributed by atoms with Gasteiger partial charge in [0.05, 0.1) is 17.7 Å². The van der Waals surface area contributed by atoms with Crippen LogP contribution in [0.2, 0.25) is 0 Å². The molecule has 0 bridgehead atoms. The van der Waals surface area contributed by atoms with Gasteiger partial charge in [-0.25, -0.2) is 14.8 Å². The maximum absolute atomic E-state index is 12.4. The lowest BCUT2D eigenvalue weighted by Gasteiger charge is -2.28. The third-order valence-corrected chi connectivity index (χ3v) is 7.22. The van der Waals surface area contributed by atoms with Crippen molar-refractivity contribution in [3.8, 4) is 0 Å². The number of aryl methyl sites for hydroxylation is 1. The number of carbonyl (C=O) groups is 1. The number of piperidine rings is 1. The van der Waals surface area contributed by atoms with Gasteiger partial charge in [-0.3, -0.25) is 0 Å². The van der Waals surface area contributed by atoms with Crippen LogP contribution in [0.4, 0.5) is 5.82 Å². The van der Waals surface area contributed by atoms with Gasteiger partial charge in [-0.2, -0.15) is 0 Å². The van der Waals surface area contributed by atoms with Crippen LogP contribution < -0.4 is 4.90 Å². The summed E-state index contributed by atoms with van der Waals surface area (Å²) in [7, 11) is 0. The molecule has 5 nitrogen and oxygen atoms in total. The minimum Gasteiger partial charge on any atom is -0.462 e. The topological polar surface area (TPSA) is 55.3 Å². The Balaban J connectivity index is 1.73. The van der Waals surface area contributed by atoms with Crippen LogP contribution in [0.1, 0.15) is 47.2 Å². The molecule has 2 aromatic heterocycles. The second-order valence-corrected chi connectivity index (χ2v) is 9.12. The van der Waals surface area contributed by atoms with Crippen molar-refractivity contribution in [2.45, 2.75) is 43.8 Å². The molecule has 0 unspecified atom stereocenters. The lowest BCUT2D eigenvalue weighted by molar-refractivity contribution is 0.0531. The van der Waals surface area contributed by atoms with Crippen molar-refractivity contribution in [2.75, 3.05) is 24.6 Å². The molecule has 7 heteroatoms. The van der Waals surface area contributed by atoms with E-state index in [4.69, 9.17) is 14.7 Å². The highest BCUT2D eigenvalue weighted by Crippen LogP contribution is 2.37. The average Bonchev–Trinajstić information content (AvgIpc) is 3.10. The molecule has 3 heterocycles. The van der Waals surface area contributed by atoms with E-state index < -0.39 is 0 Å². The van der Waals surface area contributed by atoms with E-state index in [-0.39, 0.29) is 5.97 Å². The Labute approximate surface area is 179 Å². The van der Waals surface area contributed by atoms with E-state index in [9.17, 15) is 4.79 Å². The van der Waals surface area contributed by atoms with Crippen LogP contribution in [-0.4, -0.2) is 35.6 Å². The van der Waals surface area contributed by atoms with E-state index in [2.05, 4.69) is 17.0 Å². The highest BCUT2D eigenvalue weighted by molar-refractivity contribution is 7.98. The number of carbonyl (C=O) groups excluding carboxylic acids is 1. The first-order valence-electron chi connectivity index (χ1n) is 10.1. The van der Waals surface area contributed by atoms with Gasteiger partial charge in [0, 0.05) is 18.0 Å². The van der Waals surface area contributed by atoms with Crippen LogP contribution in [0, 0.1) is 6.92 Å². The maximum Gasteiger partial charge on any atom is 0.348 e. The summed E-state index contributed by atoms with van der Waals surface area (Å²) in [6.45, 7) is 6.19. The van der Waals surface area contributed by atoms with Gasteiger partial charge in [-0.15, -0.1) is 23.1 Å². The summed E-state index contributed by atoms with van der Waals surface area (Å²) in [4.78, 5) is 27.3. The SMILES string of the molecule is CCOC(=O)c1sc2nc(CSc3ccccc3)nc(N3CCCCC3)c2c1C. The Morgan fingerprint density at radius 2 is 1.93 bits per heavy atom. The van der Waals surface area contributed by atoms with Gasteiger partial charge in [-0.05, 0) is 50.8 Å². The van der Waals surface area contributed by atoms with Crippen LogP contribution >= 0.6 is 23.1 Å². The third-order valence-electron chi connectivity index (χ3n) is 5.04. The number of anilines is 1. The van der Waals surface area contributed by atoms with Crippen LogP contribution in [0.15, 0.2) is 35.2 Å². The molecule has 0 radical (unpaired) electrons. The van der Waals surface area contributed by atoms with E-state index in [1.54, 1.807) is 11.8 Å². The van der Waals surface area contributed by atoms with Crippen molar-refractivity contribution in [1.29, 1.82) is 0 Å². The molecular weight excluding hydrogens is 402 g/mol. The van der Waals surface area contributed by atoms with Crippen molar-refractivity contribution in [3.63, 3.8) is 0 Å². The summed E-state index contributed by atoms with van der Waals surface area (Å²) in [6.07, 6.45) is 3.61.